The molecule has 0 N–H and O–H groups in total. The average Bonchev–Trinajstić information content (AvgIpc) is 3.31. The molecule has 2 heteroatoms. The van der Waals surface area contributed by atoms with Crippen LogP contribution in [0.2, 0.25) is 0 Å². The van der Waals surface area contributed by atoms with Gasteiger partial charge in [-0.1, -0.05) is 65.7 Å². The predicted molar refractivity (Wildman–Crippen MR) is 120 cm³/mol. The molecule has 1 aromatic rings. The zero-order chi connectivity index (χ0) is 20.5. The SMILES string of the molecule is [C-]1=CC=CC1.[C-]1=CC=CC1.[CH-]=C(C)c1cc(C(C)(C)C)cc(C(C)(C)C)c1.[Cl-].[Zr+4]. The molecular formula is C27H35ClZr. The molecule has 29 heavy (non-hydrogen) atoms. The number of hydrogen-bond donors (Lipinski definition) is 0. The molecule has 2 aliphatic carbocycles. The molecule has 0 radical (unpaired) electrons. The van der Waals surface area contributed by atoms with Crippen molar-refractivity contribution in [1.82, 2.24) is 0 Å². The second-order valence-electron chi connectivity index (χ2n) is 8.99. The topological polar surface area (TPSA) is 0 Å². The normalized spacial score (nSPS) is 13.5. The van der Waals surface area contributed by atoms with E-state index in [0.717, 1.165) is 24.0 Å². The zero-order valence-electron chi connectivity index (χ0n) is 19.1. The molecule has 0 amide bonds. The molecule has 0 aliphatic heterocycles. The summed E-state index contributed by atoms with van der Waals surface area (Å²) in [6, 6.07) is 6.74. The van der Waals surface area contributed by atoms with Crippen molar-refractivity contribution in [2.24, 2.45) is 0 Å². The number of rotatable bonds is 1. The average molecular weight is 486 g/mol. The van der Waals surface area contributed by atoms with Crippen molar-refractivity contribution in [3.05, 3.63) is 90.1 Å². The molecule has 0 unspecified atom stereocenters. The van der Waals surface area contributed by atoms with Crippen LogP contribution < -0.4 is 12.4 Å². The molecule has 0 bridgehead atoms. The van der Waals surface area contributed by atoms with Gasteiger partial charge in [-0.05, 0) is 10.8 Å². The fourth-order valence-corrected chi connectivity index (χ4v) is 2.40. The minimum atomic E-state index is 0. The summed E-state index contributed by atoms with van der Waals surface area (Å²) in [7, 11) is 0. The first-order valence-corrected chi connectivity index (χ1v) is 9.71. The summed E-state index contributed by atoms with van der Waals surface area (Å²) in [5, 5.41) is 0. The summed E-state index contributed by atoms with van der Waals surface area (Å²) in [5.74, 6) is 0. The van der Waals surface area contributed by atoms with Crippen LogP contribution in [0, 0.1) is 18.7 Å². The van der Waals surface area contributed by atoms with E-state index >= 15 is 0 Å². The van der Waals surface area contributed by atoms with E-state index in [0.29, 0.717) is 0 Å². The van der Waals surface area contributed by atoms with E-state index in [1.54, 1.807) is 0 Å². The van der Waals surface area contributed by atoms with Crippen LogP contribution in [0.3, 0.4) is 0 Å². The van der Waals surface area contributed by atoms with Gasteiger partial charge in [-0.15, -0.1) is 25.0 Å². The Bertz CT molecular complexity index is 661. The van der Waals surface area contributed by atoms with Crippen molar-refractivity contribution in [3.8, 4) is 0 Å². The molecule has 0 heterocycles. The quantitative estimate of drug-likeness (QED) is 0.504. The van der Waals surface area contributed by atoms with Gasteiger partial charge in [0.05, 0.1) is 0 Å². The van der Waals surface area contributed by atoms with Gasteiger partial charge in [-0.2, -0.15) is 17.7 Å². The van der Waals surface area contributed by atoms with Gasteiger partial charge in [0.1, 0.15) is 0 Å². The molecule has 0 aromatic heterocycles. The van der Waals surface area contributed by atoms with Crippen molar-refractivity contribution in [3.63, 3.8) is 0 Å². The fraction of sp³-hybridized carbons (Fsp3) is 0.407. The van der Waals surface area contributed by atoms with Gasteiger partial charge in [0.25, 0.3) is 0 Å². The molecule has 0 saturated heterocycles. The van der Waals surface area contributed by atoms with E-state index in [2.05, 4.69) is 84.0 Å². The molecule has 2 aliphatic rings. The minimum absolute atomic E-state index is 0. The van der Waals surface area contributed by atoms with Gasteiger partial charge >= 0.3 is 26.2 Å². The minimum Gasteiger partial charge on any atom is -1.00 e. The molecule has 0 nitrogen and oxygen atoms in total. The maximum absolute atomic E-state index is 5.95. The molecular weight excluding hydrogens is 451 g/mol. The van der Waals surface area contributed by atoms with Crippen molar-refractivity contribution < 1.29 is 38.6 Å². The molecule has 0 atom stereocenters. The Balaban J connectivity index is 0. The third-order valence-electron chi connectivity index (χ3n) is 4.29. The van der Waals surface area contributed by atoms with E-state index in [-0.39, 0.29) is 49.4 Å². The zero-order valence-corrected chi connectivity index (χ0v) is 22.3. The Labute approximate surface area is 205 Å². The molecule has 154 valence electrons. The van der Waals surface area contributed by atoms with Crippen molar-refractivity contribution in [1.29, 1.82) is 0 Å². The van der Waals surface area contributed by atoms with Crippen LogP contribution in [0.15, 0.2) is 54.7 Å². The summed E-state index contributed by atoms with van der Waals surface area (Å²) in [5.41, 5.74) is 5.06. The molecule has 0 saturated carbocycles. The van der Waals surface area contributed by atoms with Crippen LogP contribution in [0.25, 0.3) is 5.57 Å². The van der Waals surface area contributed by atoms with Gasteiger partial charge in [0.2, 0.25) is 0 Å². The fourth-order valence-electron chi connectivity index (χ4n) is 2.40. The number of benzene rings is 1. The summed E-state index contributed by atoms with van der Waals surface area (Å²) < 4.78 is 0. The third kappa shape index (κ3) is 12.4. The van der Waals surface area contributed by atoms with Crippen LogP contribution in [0.4, 0.5) is 0 Å². The second kappa shape index (κ2) is 14.2. The maximum Gasteiger partial charge on any atom is 4.00 e. The molecule has 1 aromatic carbocycles. The van der Waals surface area contributed by atoms with Gasteiger partial charge in [-0.3, -0.25) is 18.7 Å². The Hall–Kier alpha value is -0.907. The van der Waals surface area contributed by atoms with E-state index in [9.17, 15) is 0 Å². The maximum atomic E-state index is 5.95. The Morgan fingerprint density at radius 1 is 0.793 bits per heavy atom. The Morgan fingerprint density at radius 3 is 1.34 bits per heavy atom. The third-order valence-corrected chi connectivity index (χ3v) is 4.29. The predicted octanol–water partition coefficient (Wildman–Crippen LogP) is 4.73. The first-order chi connectivity index (χ1) is 12.5. The van der Waals surface area contributed by atoms with Crippen LogP contribution in [-0.2, 0) is 37.0 Å². The molecule has 3 rings (SSSR count). The standard InChI is InChI=1S/C17H25.2C5H5.ClH.Zr/c1-12(2)13-9-14(16(3,4)5)11-15(10-13)17(6,7)8;2*1-2-4-5-3-1;;/h1,9-11H,2-8H3;2*1-3H,4H2;1H;/q3*-1;;+4/p-1. The summed E-state index contributed by atoms with van der Waals surface area (Å²) in [6.45, 7) is 21.4. The van der Waals surface area contributed by atoms with Gasteiger partial charge in [0, 0.05) is 0 Å². The van der Waals surface area contributed by atoms with Crippen molar-refractivity contribution >= 4 is 5.57 Å². The van der Waals surface area contributed by atoms with Crippen LogP contribution >= 0.6 is 0 Å². The van der Waals surface area contributed by atoms with E-state index in [1.165, 1.54) is 11.1 Å². The van der Waals surface area contributed by atoms with Gasteiger partial charge in [0.15, 0.2) is 0 Å². The number of hydrogen-bond acceptors (Lipinski definition) is 0. The smallest absolute Gasteiger partial charge is 1.00 e. The summed E-state index contributed by atoms with van der Waals surface area (Å²) in [4.78, 5) is 0. The van der Waals surface area contributed by atoms with Gasteiger partial charge < -0.3 is 12.4 Å². The van der Waals surface area contributed by atoms with Gasteiger partial charge in [-0.25, -0.2) is 29.9 Å². The van der Waals surface area contributed by atoms with Crippen molar-refractivity contribution in [2.75, 3.05) is 0 Å². The number of allylic oxidation sites excluding steroid dienone is 9. The molecule has 0 fully saturated rings. The first kappa shape index (κ1) is 30.3. The second-order valence-corrected chi connectivity index (χ2v) is 8.99. The van der Waals surface area contributed by atoms with E-state index in [4.69, 9.17) is 6.58 Å². The molecule has 0 spiro atoms. The Kier molecular flexibility index (Phi) is 14.8. The monoisotopic (exact) mass is 484 g/mol. The number of halogens is 1. The van der Waals surface area contributed by atoms with E-state index in [1.807, 2.05) is 31.2 Å². The van der Waals surface area contributed by atoms with Crippen molar-refractivity contribution in [2.45, 2.75) is 72.1 Å². The van der Waals surface area contributed by atoms with E-state index < -0.39 is 0 Å². The van der Waals surface area contributed by atoms with Crippen LogP contribution in [0.5, 0.6) is 0 Å². The van der Waals surface area contributed by atoms with Crippen LogP contribution in [-0.4, -0.2) is 0 Å². The first-order valence-electron chi connectivity index (χ1n) is 9.71. The summed E-state index contributed by atoms with van der Waals surface area (Å²) in [6.07, 6.45) is 20.0. The van der Waals surface area contributed by atoms with Crippen LogP contribution in [0.1, 0.15) is 78.0 Å². The summed E-state index contributed by atoms with van der Waals surface area (Å²) >= 11 is 0. The largest absolute Gasteiger partial charge is 4.00 e. The Morgan fingerprint density at radius 2 is 1.17 bits per heavy atom.